The summed E-state index contributed by atoms with van der Waals surface area (Å²) in [5.74, 6) is 0.452. The molecule has 0 amide bonds. The number of furan rings is 1. The van der Waals surface area contributed by atoms with Gasteiger partial charge in [-0.2, -0.15) is 4.33 Å². The van der Waals surface area contributed by atoms with E-state index in [-0.39, 0.29) is 12.2 Å². The van der Waals surface area contributed by atoms with E-state index in [0.717, 1.165) is 16.9 Å². The molecule has 7 nitrogen and oxygen atoms in total. The summed E-state index contributed by atoms with van der Waals surface area (Å²) in [5.41, 5.74) is 0.499. The zero-order valence-corrected chi connectivity index (χ0v) is 14.9. The molecule has 0 bridgehead atoms. The number of carboxylic acids is 1. The van der Waals surface area contributed by atoms with Crippen LogP contribution in [0.25, 0.3) is 11.0 Å². The second-order valence-electron chi connectivity index (χ2n) is 5.23. The molecule has 1 heterocycles. The average Bonchev–Trinajstić information content (AvgIpc) is 3.04. The fourth-order valence-corrected chi connectivity index (χ4v) is 2.74. The minimum absolute atomic E-state index is 0.0755. The number of methoxy groups -OCH3 is 1. The highest BCUT2D eigenvalue weighted by atomic mass is 32.2. The Bertz CT molecular complexity index is 902. The van der Waals surface area contributed by atoms with Gasteiger partial charge in [0.1, 0.15) is 29.4 Å². The number of benzene rings is 2. The molecule has 0 fully saturated rings. The van der Waals surface area contributed by atoms with E-state index in [2.05, 4.69) is 4.89 Å². The van der Waals surface area contributed by atoms with Crippen LogP contribution < -0.4 is 4.74 Å². The van der Waals surface area contributed by atoms with E-state index < -0.39 is 5.97 Å². The zero-order valence-electron chi connectivity index (χ0n) is 14.1. The smallest absolute Gasteiger partial charge is 0.335 e. The normalized spacial score (nSPS) is 11.0. The second kappa shape index (κ2) is 8.24. The quantitative estimate of drug-likeness (QED) is 0.345. The molecule has 0 atom stereocenters. The van der Waals surface area contributed by atoms with Crippen molar-refractivity contribution >= 4 is 29.0 Å². The van der Waals surface area contributed by atoms with Gasteiger partial charge in [-0.05, 0) is 42.5 Å². The third-order valence-corrected chi connectivity index (χ3v) is 4.10. The lowest BCUT2D eigenvalue weighted by atomic mass is 10.1. The van der Waals surface area contributed by atoms with Gasteiger partial charge in [0.25, 0.3) is 0 Å². The van der Waals surface area contributed by atoms with E-state index in [0.29, 0.717) is 28.2 Å². The topological polar surface area (TPSA) is 87.4 Å². The Morgan fingerprint density at radius 3 is 2.58 bits per heavy atom. The predicted octanol–water partition coefficient (Wildman–Crippen LogP) is 4.65. The van der Waals surface area contributed by atoms with Crippen LogP contribution in [0.3, 0.4) is 0 Å². The molecule has 136 valence electrons. The Labute approximate surface area is 153 Å². The van der Waals surface area contributed by atoms with E-state index in [1.54, 1.807) is 37.4 Å². The molecular formula is C18H16O7S. The van der Waals surface area contributed by atoms with Crippen LogP contribution in [0, 0.1) is 0 Å². The molecule has 0 aliphatic heterocycles. The highest BCUT2D eigenvalue weighted by Crippen LogP contribution is 2.34. The highest BCUT2D eigenvalue weighted by molar-refractivity contribution is 7.94. The van der Waals surface area contributed by atoms with Crippen molar-refractivity contribution < 1.29 is 33.0 Å². The van der Waals surface area contributed by atoms with Gasteiger partial charge in [0.15, 0.2) is 0 Å². The summed E-state index contributed by atoms with van der Waals surface area (Å²) in [5, 5.41) is 9.98. The van der Waals surface area contributed by atoms with Crippen molar-refractivity contribution in [2.24, 2.45) is 0 Å². The minimum Gasteiger partial charge on any atom is -0.478 e. The summed E-state index contributed by atoms with van der Waals surface area (Å²) in [6.45, 7) is 0.280. The van der Waals surface area contributed by atoms with E-state index in [4.69, 9.17) is 18.2 Å². The van der Waals surface area contributed by atoms with Crippen LogP contribution in [0.1, 0.15) is 16.1 Å². The van der Waals surface area contributed by atoms with Crippen molar-refractivity contribution in [3.8, 4) is 11.5 Å². The molecule has 0 radical (unpaired) electrons. The van der Waals surface area contributed by atoms with Crippen molar-refractivity contribution in [1.29, 1.82) is 0 Å². The Kier molecular flexibility index (Phi) is 5.79. The molecule has 0 saturated carbocycles. The SMILES string of the molecule is COCc1cc2c(Oc3ccc(SOOC)cc3)cc(C(=O)O)cc2o1. The van der Waals surface area contributed by atoms with Crippen LogP contribution in [0.4, 0.5) is 0 Å². The molecule has 3 aromatic rings. The number of ether oxygens (including phenoxy) is 2. The summed E-state index contributed by atoms with van der Waals surface area (Å²) in [7, 11) is 2.98. The summed E-state index contributed by atoms with van der Waals surface area (Å²) in [4.78, 5) is 16.7. The van der Waals surface area contributed by atoms with Crippen molar-refractivity contribution in [3.05, 3.63) is 53.8 Å². The number of aromatic carboxylic acids is 1. The highest BCUT2D eigenvalue weighted by Gasteiger charge is 2.15. The summed E-state index contributed by atoms with van der Waals surface area (Å²) in [6.07, 6.45) is 0. The molecule has 0 aliphatic rings. The number of rotatable bonds is 8. The minimum atomic E-state index is -1.06. The Hall–Kier alpha value is -2.52. The molecular weight excluding hydrogens is 360 g/mol. The number of hydrogen-bond acceptors (Lipinski definition) is 7. The van der Waals surface area contributed by atoms with Crippen LogP contribution in [-0.4, -0.2) is 25.3 Å². The van der Waals surface area contributed by atoms with Crippen LogP contribution >= 0.6 is 12.0 Å². The lowest BCUT2D eigenvalue weighted by molar-refractivity contribution is -0.160. The number of carboxylic acid groups (broad SMARTS) is 1. The molecule has 0 aliphatic carbocycles. The fraction of sp³-hybridized carbons (Fsp3) is 0.167. The summed E-state index contributed by atoms with van der Waals surface area (Å²) < 4.78 is 21.4. The van der Waals surface area contributed by atoms with E-state index in [1.807, 2.05) is 0 Å². The molecule has 26 heavy (non-hydrogen) atoms. The first-order valence-electron chi connectivity index (χ1n) is 7.54. The van der Waals surface area contributed by atoms with E-state index in [1.165, 1.54) is 19.2 Å². The maximum Gasteiger partial charge on any atom is 0.335 e. The Morgan fingerprint density at radius 2 is 1.92 bits per heavy atom. The van der Waals surface area contributed by atoms with Gasteiger partial charge in [0.2, 0.25) is 0 Å². The molecule has 2 aromatic carbocycles. The van der Waals surface area contributed by atoms with Gasteiger partial charge in [-0.15, -0.1) is 0 Å². The first-order chi connectivity index (χ1) is 12.6. The van der Waals surface area contributed by atoms with E-state index >= 15 is 0 Å². The number of carbonyl (C=O) groups is 1. The van der Waals surface area contributed by atoms with Gasteiger partial charge in [-0.3, -0.25) is 0 Å². The van der Waals surface area contributed by atoms with E-state index in [9.17, 15) is 9.90 Å². The lowest BCUT2D eigenvalue weighted by Crippen LogP contribution is -1.96. The predicted molar refractivity (Wildman–Crippen MR) is 94.4 cm³/mol. The standard InChI is InChI=1S/C18H16O7S/c1-21-10-13-9-15-16(7-11(18(19)20)8-17(15)24-13)23-12-3-5-14(6-4-12)26-25-22-2/h3-9H,10H2,1-2H3,(H,19,20). The van der Waals surface area contributed by atoms with Gasteiger partial charge >= 0.3 is 5.97 Å². The summed E-state index contributed by atoms with van der Waals surface area (Å²) >= 11 is 1.07. The first kappa shape index (κ1) is 18.3. The number of hydrogen-bond donors (Lipinski definition) is 1. The van der Waals surface area contributed by atoms with Crippen molar-refractivity contribution in [3.63, 3.8) is 0 Å². The van der Waals surface area contributed by atoms with Crippen LogP contribution in [0.15, 0.2) is 51.8 Å². The van der Waals surface area contributed by atoms with Crippen LogP contribution in [0.2, 0.25) is 0 Å². The number of fused-ring (bicyclic) bond motifs is 1. The third kappa shape index (κ3) is 4.17. The molecule has 0 spiro atoms. The lowest BCUT2D eigenvalue weighted by Gasteiger charge is -2.08. The molecule has 1 aromatic heterocycles. The van der Waals surface area contributed by atoms with Crippen LogP contribution in [-0.2, 0) is 20.6 Å². The maximum absolute atomic E-state index is 11.4. The van der Waals surface area contributed by atoms with Crippen molar-refractivity contribution in [2.45, 2.75) is 11.5 Å². The van der Waals surface area contributed by atoms with Gasteiger partial charge < -0.3 is 19.0 Å². The largest absolute Gasteiger partial charge is 0.478 e. The molecule has 3 rings (SSSR count). The Morgan fingerprint density at radius 1 is 1.15 bits per heavy atom. The van der Waals surface area contributed by atoms with Gasteiger partial charge in [0.05, 0.1) is 30.1 Å². The average molecular weight is 376 g/mol. The maximum atomic E-state index is 11.4. The second-order valence-corrected chi connectivity index (χ2v) is 6.00. The van der Waals surface area contributed by atoms with Crippen LogP contribution in [0.5, 0.6) is 11.5 Å². The van der Waals surface area contributed by atoms with Gasteiger partial charge in [0, 0.05) is 12.0 Å². The summed E-state index contributed by atoms with van der Waals surface area (Å²) in [6, 6.07) is 11.8. The first-order valence-corrected chi connectivity index (χ1v) is 8.29. The van der Waals surface area contributed by atoms with Crippen molar-refractivity contribution in [1.82, 2.24) is 0 Å². The van der Waals surface area contributed by atoms with Gasteiger partial charge in [-0.25, -0.2) is 9.68 Å². The van der Waals surface area contributed by atoms with Gasteiger partial charge in [-0.1, -0.05) is 0 Å². The zero-order chi connectivity index (χ0) is 18.5. The van der Waals surface area contributed by atoms with Crippen molar-refractivity contribution in [2.75, 3.05) is 14.2 Å². The fourth-order valence-electron chi connectivity index (χ4n) is 2.34. The monoisotopic (exact) mass is 376 g/mol. The molecule has 0 saturated heterocycles. The molecule has 8 heteroatoms. The third-order valence-electron chi connectivity index (χ3n) is 3.43. The molecule has 0 unspecified atom stereocenters. The molecule has 1 N–H and O–H groups in total. The Balaban J connectivity index is 1.93.